The number of hydrogen-bond acceptors (Lipinski definition) is 3. The highest BCUT2D eigenvalue weighted by molar-refractivity contribution is 5.80. The molecule has 0 aliphatic heterocycles. The molecule has 0 amide bonds. The highest BCUT2D eigenvalue weighted by Crippen LogP contribution is 2.25. The van der Waals surface area contributed by atoms with Crippen LogP contribution in [0.4, 0.5) is 0 Å². The van der Waals surface area contributed by atoms with Gasteiger partial charge in [0.1, 0.15) is 0 Å². The fourth-order valence-corrected chi connectivity index (χ4v) is 1.54. The number of rotatable bonds is 2. The van der Waals surface area contributed by atoms with Gasteiger partial charge in [0.2, 0.25) is 0 Å². The van der Waals surface area contributed by atoms with Gasteiger partial charge in [-0.25, -0.2) is 0 Å². The van der Waals surface area contributed by atoms with Gasteiger partial charge in [0, 0.05) is 11.9 Å². The van der Waals surface area contributed by atoms with Crippen molar-refractivity contribution in [1.29, 1.82) is 0 Å². The predicted molar refractivity (Wildman–Crippen MR) is 56.0 cm³/mol. The van der Waals surface area contributed by atoms with E-state index >= 15 is 0 Å². The smallest absolute Gasteiger partial charge is 0.167 e. The average molecular weight is 190 g/mol. The van der Waals surface area contributed by atoms with Crippen molar-refractivity contribution in [3.63, 3.8) is 0 Å². The summed E-state index contributed by atoms with van der Waals surface area (Å²) in [6.07, 6.45) is 0. The second-order valence-electron chi connectivity index (χ2n) is 3.76. The summed E-state index contributed by atoms with van der Waals surface area (Å²) in [7, 11) is 0. The lowest BCUT2D eigenvalue weighted by Crippen LogP contribution is -1.95. The van der Waals surface area contributed by atoms with Crippen LogP contribution in [-0.2, 0) is 6.54 Å². The minimum atomic E-state index is 0.389. The molecule has 0 radical (unpaired) electrons. The van der Waals surface area contributed by atoms with Crippen LogP contribution in [0.5, 0.6) is 0 Å². The van der Waals surface area contributed by atoms with Crippen molar-refractivity contribution in [1.82, 2.24) is 5.16 Å². The predicted octanol–water partition coefficient (Wildman–Crippen LogP) is 2.41. The molecule has 3 nitrogen and oxygen atoms in total. The third-order valence-electron chi connectivity index (χ3n) is 2.35. The van der Waals surface area contributed by atoms with Gasteiger partial charge in [-0.1, -0.05) is 25.1 Å². The van der Waals surface area contributed by atoms with Gasteiger partial charge >= 0.3 is 0 Å². The van der Waals surface area contributed by atoms with Crippen LogP contribution in [0.25, 0.3) is 11.0 Å². The Morgan fingerprint density at radius 2 is 2.21 bits per heavy atom. The summed E-state index contributed by atoms with van der Waals surface area (Å²) < 4.78 is 5.25. The van der Waals surface area contributed by atoms with Crippen molar-refractivity contribution >= 4 is 11.0 Å². The number of hydrogen-bond donors (Lipinski definition) is 1. The molecule has 3 heteroatoms. The van der Waals surface area contributed by atoms with Gasteiger partial charge in [-0.3, -0.25) is 0 Å². The molecule has 0 aliphatic carbocycles. The maximum atomic E-state index is 5.55. The molecule has 74 valence electrons. The number of nitrogens with zero attached hydrogens (tertiary/aromatic N) is 1. The first-order valence-electron chi connectivity index (χ1n) is 4.80. The van der Waals surface area contributed by atoms with Crippen LogP contribution in [0.3, 0.4) is 0 Å². The number of nitrogens with two attached hydrogens (primary N) is 1. The molecule has 2 N–H and O–H groups in total. The second kappa shape index (κ2) is 3.42. The molecule has 0 saturated heterocycles. The minimum Gasteiger partial charge on any atom is -0.356 e. The van der Waals surface area contributed by atoms with E-state index in [0.29, 0.717) is 12.5 Å². The molecule has 0 atom stereocenters. The largest absolute Gasteiger partial charge is 0.356 e. The lowest BCUT2D eigenvalue weighted by molar-refractivity contribution is 0.441. The molecule has 1 aromatic carbocycles. The highest BCUT2D eigenvalue weighted by atomic mass is 16.5. The molecule has 1 heterocycles. The fourth-order valence-electron chi connectivity index (χ4n) is 1.54. The van der Waals surface area contributed by atoms with Crippen molar-refractivity contribution in [2.24, 2.45) is 5.73 Å². The van der Waals surface area contributed by atoms with E-state index in [4.69, 9.17) is 10.3 Å². The SMILES string of the molecule is CC(C)c1noc2cc(CN)ccc12. The molecule has 0 fully saturated rings. The normalized spacial score (nSPS) is 11.4. The molecule has 0 aliphatic rings. The summed E-state index contributed by atoms with van der Waals surface area (Å²) in [5.41, 5.74) is 8.47. The van der Waals surface area contributed by atoms with Gasteiger partial charge in [0.15, 0.2) is 5.58 Å². The molecule has 0 spiro atoms. The Kier molecular flexibility index (Phi) is 2.25. The summed E-state index contributed by atoms with van der Waals surface area (Å²) in [5, 5.41) is 5.15. The molecule has 2 rings (SSSR count). The lowest BCUT2D eigenvalue weighted by atomic mass is 10.1. The first-order chi connectivity index (χ1) is 6.72. The summed E-state index contributed by atoms with van der Waals surface area (Å²) in [4.78, 5) is 0. The third-order valence-corrected chi connectivity index (χ3v) is 2.35. The molecule has 14 heavy (non-hydrogen) atoms. The van der Waals surface area contributed by atoms with Crippen molar-refractivity contribution in [3.8, 4) is 0 Å². The van der Waals surface area contributed by atoms with E-state index in [9.17, 15) is 0 Å². The summed E-state index contributed by atoms with van der Waals surface area (Å²) in [5.74, 6) is 0.389. The van der Waals surface area contributed by atoms with Gasteiger partial charge in [-0.2, -0.15) is 0 Å². The maximum Gasteiger partial charge on any atom is 0.167 e. The van der Waals surface area contributed by atoms with Gasteiger partial charge in [-0.15, -0.1) is 0 Å². The van der Waals surface area contributed by atoms with Crippen LogP contribution in [0.1, 0.15) is 31.0 Å². The Labute approximate surface area is 82.9 Å². The first kappa shape index (κ1) is 9.21. The van der Waals surface area contributed by atoms with E-state index in [1.807, 2.05) is 18.2 Å². The summed E-state index contributed by atoms with van der Waals surface area (Å²) in [6.45, 7) is 4.75. The lowest BCUT2D eigenvalue weighted by Gasteiger charge is -1.99. The molecule has 0 bridgehead atoms. The van der Waals surface area contributed by atoms with Crippen molar-refractivity contribution in [2.75, 3.05) is 0 Å². The van der Waals surface area contributed by atoms with Gasteiger partial charge in [0.05, 0.1) is 5.69 Å². The average Bonchev–Trinajstić information content (AvgIpc) is 2.59. The van der Waals surface area contributed by atoms with Crippen LogP contribution >= 0.6 is 0 Å². The highest BCUT2D eigenvalue weighted by Gasteiger charge is 2.11. The van der Waals surface area contributed by atoms with E-state index in [-0.39, 0.29) is 0 Å². The number of aromatic nitrogens is 1. The zero-order valence-electron chi connectivity index (χ0n) is 8.45. The van der Waals surface area contributed by atoms with E-state index in [1.54, 1.807) is 0 Å². The second-order valence-corrected chi connectivity index (χ2v) is 3.76. The van der Waals surface area contributed by atoms with Crippen LogP contribution in [0.15, 0.2) is 22.7 Å². The number of benzene rings is 1. The molecule has 2 aromatic rings. The topological polar surface area (TPSA) is 52.0 Å². The van der Waals surface area contributed by atoms with Crippen molar-refractivity contribution in [3.05, 3.63) is 29.5 Å². The fraction of sp³-hybridized carbons (Fsp3) is 0.364. The Morgan fingerprint density at radius 1 is 1.43 bits per heavy atom. The molecular formula is C11H14N2O. The van der Waals surface area contributed by atoms with E-state index in [0.717, 1.165) is 22.2 Å². The quantitative estimate of drug-likeness (QED) is 0.791. The zero-order chi connectivity index (χ0) is 10.1. The summed E-state index contributed by atoms with van der Waals surface area (Å²) >= 11 is 0. The van der Waals surface area contributed by atoms with Crippen molar-refractivity contribution in [2.45, 2.75) is 26.3 Å². The maximum absolute atomic E-state index is 5.55. The zero-order valence-corrected chi connectivity index (χ0v) is 8.45. The van der Waals surface area contributed by atoms with Gasteiger partial charge in [0.25, 0.3) is 0 Å². The first-order valence-corrected chi connectivity index (χ1v) is 4.80. The number of fused-ring (bicyclic) bond motifs is 1. The molecular weight excluding hydrogens is 176 g/mol. The minimum absolute atomic E-state index is 0.389. The monoisotopic (exact) mass is 190 g/mol. The van der Waals surface area contributed by atoms with Crippen LogP contribution in [-0.4, -0.2) is 5.16 Å². The van der Waals surface area contributed by atoms with E-state index in [1.165, 1.54) is 0 Å². The van der Waals surface area contributed by atoms with E-state index in [2.05, 4.69) is 19.0 Å². The third kappa shape index (κ3) is 1.40. The Bertz CT molecular complexity index is 445. The van der Waals surface area contributed by atoms with Crippen LogP contribution < -0.4 is 5.73 Å². The Balaban J connectivity index is 2.59. The molecule has 0 unspecified atom stereocenters. The Hall–Kier alpha value is -1.35. The molecule has 0 saturated carbocycles. The standard InChI is InChI=1S/C11H14N2O/c1-7(2)11-9-4-3-8(6-12)5-10(9)14-13-11/h3-5,7H,6,12H2,1-2H3. The van der Waals surface area contributed by atoms with Crippen LogP contribution in [0.2, 0.25) is 0 Å². The summed E-state index contributed by atoms with van der Waals surface area (Å²) in [6, 6.07) is 6.00. The van der Waals surface area contributed by atoms with Crippen molar-refractivity contribution < 1.29 is 4.52 Å². The van der Waals surface area contributed by atoms with E-state index < -0.39 is 0 Å². The Morgan fingerprint density at radius 3 is 2.86 bits per heavy atom. The van der Waals surface area contributed by atoms with Crippen LogP contribution in [0, 0.1) is 0 Å². The van der Waals surface area contributed by atoms with Gasteiger partial charge < -0.3 is 10.3 Å². The molecule has 1 aromatic heterocycles. The van der Waals surface area contributed by atoms with Gasteiger partial charge in [-0.05, 0) is 23.6 Å².